The summed E-state index contributed by atoms with van der Waals surface area (Å²) in [5.74, 6) is 0.717. The highest BCUT2D eigenvalue weighted by Gasteiger charge is 2.35. The highest BCUT2D eigenvalue weighted by atomic mass is 16.5. The molecule has 0 radical (unpaired) electrons. The third-order valence-corrected chi connectivity index (χ3v) is 5.84. The van der Waals surface area contributed by atoms with E-state index in [2.05, 4.69) is 6.07 Å². The predicted octanol–water partition coefficient (Wildman–Crippen LogP) is 2.57. The molecular weight excluding hydrogens is 398 g/mol. The molecule has 0 saturated carbocycles. The second-order valence-electron chi connectivity index (χ2n) is 7.65. The molecule has 2 aliphatic heterocycles. The maximum atomic E-state index is 13.7. The fourth-order valence-electron chi connectivity index (χ4n) is 4.27. The number of allylic oxidation sites excluding steroid dienone is 1. The Hall–Kier alpha value is -3.44. The Morgan fingerprint density at radius 2 is 2.03 bits per heavy atom. The number of nitrogens with two attached hydrogens (primary N) is 1. The van der Waals surface area contributed by atoms with E-state index in [9.17, 15) is 10.1 Å². The summed E-state index contributed by atoms with van der Waals surface area (Å²) in [5.41, 5.74) is 7.86. The van der Waals surface area contributed by atoms with E-state index in [-0.39, 0.29) is 23.1 Å². The van der Waals surface area contributed by atoms with E-state index in [0.717, 1.165) is 18.5 Å². The molecular formula is C23H25N3O5. The molecule has 4 rings (SSSR count). The minimum absolute atomic E-state index is 0.00506. The number of hydrogen-bond donors (Lipinski definition) is 1. The standard InChI is InChI=1S/C23H25N3O5/c1-13-9-19-21(23(27)26(13)12-15-5-4-8-30-15)20(16(11-24)22(25)31-19)14-6-7-17(28-2)18(10-14)29-3/h6-7,9-10,15,20H,4-5,8,12,25H2,1-3H3. The molecule has 2 atom stereocenters. The fourth-order valence-corrected chi connectivity index (χ4v) is 4.27. The third-order valence-electron chi connectivity index (χ3n) is 5.84. The van der Waals surface area contributed by atoms with Crippen LogP contribution in [-0.4, -0.2) is 31.5 Å². The topological polar surface area (TPSA) is 109 Å². The van der Waals surface area contributed by atoms with Gasteiger partial charge >= 0.3 is 0 Å². The zero-order valence-electron chi connectivity index (χ0n) is 17.8. The van der Waals surface area contributed by atoms with Gasteiger partial charge in [-0.2, -0.15) is 5.26 Å². The van der Waals surface area contributed by atoms with Crippen molar-refractivity contribution in [2.75, 3.05) is 20.8 Å². The van der Waals surface area contributed by atoms with Crippen LogP contribution in [0.15, 0.2) is 40.5 Å². The van der Waals surface area contributed by atoms with E-state index in [1.54, 1.807) is 35.9 Å². The Bertz CT molecular complexity index is 1140. The molecule has 2 aromatic rings. The van der Waals surface area contributed by atoms with Crippen LogP contribution < -0.4 is 25.5 Å². The molecule has 1 aromatic carbocycles. The molecule has 2 unspecified atom stereocenters. The molecule has 2 aliphatic rings. The number of rotatable bonds is 5. The van der Waals surface area contributed by atoms with E-state index < -0.39 is 5.92 Å². The first-order chi connectivity index (χ1) is 15.0. The molecule has 2 N–H and O–H groups in total. The number of ether oxygens (including phenoxy) is 4. The molecule has 8 nitrogen and oxygen atoms in total. The minimum atomic E-state index is -0.683. The number of hydrogen-bond acceptors (Lipinski definition) is 7. The SMILES string of the molecule is COc1ccc(C2C(C#N)=C(N)Oc3cc(C)n(CC4CCCO4)c(=O)c32)cc1OC. The summed E-state index contributed by atoms with van der Waals surface area (Å²) < 4.78 is 23.9. The number of aromatic nitrogens is 1. The lowest BCUT2D eigenvalue weighted by molar-refractivity contribution is 0.0955. The second kappa shape index (κ2) is 8.36. The van der Waals surface area contributed by atoms with Gasteiger partial charge in [-0.1, -0.05) is 6.07 Å². The Balaban J connectivity index is 1.90. The highest BCUT2D eigenvalue weighted by molar-refractivity contribution is 5.57. The number of benzene rings is 1. The lowest BCUT2D eigenvalue weighted by Crippen LogP contribution is -2.35. The molecule has 1 saturated heterocycles. The number of pyridine rings is 1. The zero-order chi connectivity index (χ0) is 22.1. The smallest absolute Gasteiger partial charge is 0.258 e. The Kier molecular flexibility index (Phi) is 5.61. The number of methoxy groups -OCH3 is 2. The van der Waals surface area contributed by atoms with Gasteiger partial charge in [-0.15, -0.1) is 0 Å². The molecule has 0 amide bonds. The molecule has 0 bridgehead atoms. The number of aryl methyl sites for hydroxylation is 1. The summed E-state index contributed by atoms with van der Waals surface area (Å²) in [7, 11) is 3.08. The maximum absolute atomic E-state index is 13.7. The number of nitrogens with zero attached hydrogens (tertiary/aromatic N) is 2. The molecule has 0 spiro atoms. The molecule has 1 aromatic heterocycles. The van der Waals surface area contributed by atoms with Crippen molar-refractivity contribution in [1.82, 2.24) is 4.57 Å². The summed E-state index contributed by atoms with van der Waals surface area (Å²) in [6.45, 7) is 3.02. The van der Waals surface area contributed by atoms with Gasteiger partial charge in [0.2, 0.25) is 5.88 Å². The average Bonchev–Trinajstić information content (AvgIpc) is 3.28. The zero-order valence-corrected chi connectivity index (χ0v) is 17.8. The summed E-state index contributed by atoms with van der Waals surface area (Å²) >= 11 is 0. The third kappa shape index (κ3) is 3.62. The van der Waals surface area contributed by atoms with E-state index >= 15 is 0 Å². The Morgan fingerprint density at radius 1 is 1.26 bits per heavy atom. The van der Waals surface area contributed by atoms with E-state index in [4.69, 9.17) is 24.7 Å². The van der Waals surface area contributed by atoms with Gasteiger partial charge in [0.15, 0.2) is 11.5 Å². The van der Waals surface area contributed by atoms with Gasteiger partial charge in [0.25, 0.3) is 5.56 Å². The molecule has 0 aliphatic carbocycles. The quantitative estimate of drug-likeness (QED) is 0.787. The lowest BCUT2D eigenvalue weighted by atomic mass is 9.84. The van der Waals surface area contributed by atoms with Gasteiger partial charge in [-0.25, -0.2) is 0 Å². The first-order valence-corrected chi connectivity index (χ1v) is 10.1. The first kappa shape index (κ1) is 20.8. The van der Waals surface area contributed by atoms with Crippen LogP contribution >= 0.6 is 0 Å². The summed E-state index contributed by atoms with van der Waals surface area (Å²) in [6.07, 6.45) is 1.89. The highest BCUT2D eigenvalue weighted by Crippen LogP contribution is 2.42. The van der Waals surface area contributed by atoms with E-state index in [1.165, 1.54) is 7.11 Å². The van der Waals surface area contributed by atoms with Crippen LogP contribution in [0.25, 0.3) is 0 Å². The van der Waals surface area contributed by atoms with Crippen molar-refractivity contribution >= 4 is 0 Å². The minimum Gasteiger partial charge on any atom is -0.493 e. The van der Waals surface area contributed by atoms with Crippen molar-refractivity contribution in [3.8, 4) is 23.3 Å². The molecule has 31 heavy (non-hydrogen) atoms. The van der Waals surface area contributed by atoms with Crippen molar-refractivity contribution < 1.29 is 18.9 Å². The van der Waals surface area contributed by atoms with Gasteiger partial charge < -0.3 is 29.2 Å². The van der Waals surface area contributed by atoms with Crippen LogP contribution in [0.4, 0.5) is 0 Å². The van der Waals surface area contributed by atoms with Gasteiger partial charge in [0, 0.05) is 18.4 Å². The summed E-state index contributed by atoms with van der Waals surface area (Å²) in [5, 5.41) is 9.84. The number of nitriles is 1. The predicted molar refractivity (Wildman–Crippen MR) is 113 cm³/mol. The molecule has 1 fully saturated rings. The van der Waals surface area contributed by atoms with Gasteiger partial charge in [0.1, 0.15) is 17.4 Å². The summed E-state index contributed by atoms with van der Waals surface area (Å²) in [6, 6.07) is 9.22. The Labute approximate surface area is 180 Å². The monoisotopic (exact) mass is 423 g/mol. The van der Waals surface area contributed by atoms with Crippen LogP contribution in [0.2, 0.25) is 0 Å². The van der Waals surface area contributed by atoms with E-state index in [0.29, 0.717) is 41.5 Å². The maximum Gasteiger partial charge on any atom is 0.258 e. The molecule has 3 heterocycles. The molecule has 162 valence electrons. The van der Waals surface area contributed by atoms with Crippen molar-refractivity contribution in [1.29, 1.82) is 5.26 Å². The van der Waals surface area contributed by atoms with Crippen molar-refractivity contribution in [2.24, 2.45) is 5.73 Å². The van der Waals surface area contributed by atoms with Gasteiger partial charge in [-0.05, 0) is 37.5 Å². The summed E-state index contributed by atoms with van der Waals surface area (Å²) in [4.78, 5) is 13.7. The second-order valence-corrected chi connectivity index (χ2v) is 7.65. The number of fused-ring (bicyclic) bond motifs is 1. The Morgan fingerprint density at radius 3 is 2.68 bits per heavy atom. The normalized spacial score (nSPS) is 20.1. The van der Waals surface area contributed by atoms with Crippen LogP contribution in [0.3, 0.4) is 0 Å². The van der Waals surface area contributed by atoms with Crippen LogP contribution in [0.1, 0.15) is 35.6 Å². The average molecular weight is 423 g/mol. The van der Waals surface area contributed by atoms with Crippen LogP contribution in [-0.2, 0) is 11.3 Å². The first-order valence-electron chi connectivity index (χ1n) is 10.1. The van der Waals surface area contributed by atoms with Crippen LogP contribution in [0, 0.1) is 18.3 Å². The fraction of sp³-hybridized carbons (Fsp3) is 0.391. The van der Waals surface area contributed by atoms with Crippen molar-refractivity contribution in [2.45, 2.75) is 38.3 Å². The van der Waals surface area contributed by atoms with Crippen LogP contribution in [0.5, 0.6) is 17.2 Å². The van der Waals surface area contributed by atoms with Crippen molar-refractivity contribution in [3.05, 3.63) is 62.9 Å². The largest absolute Gasteiger partial charge is 0.493 e. The lowest BCUT2D eigenvalue weighted by Gasteiger charge is -2.28. The van der Waals surface area contributed by atoms with Crippen molar-refractivity contribution in [3.63, 3.8) is 0 Å². The molecule has 8 heteroatoms. The van der Waals surface area contributed by atoms with Gasteiger partial charge in [-0.3, -0.25) is 4.79 Å². The van der Waals surface area contributed by atoms with Gasteiger partial charge in [0.05, 0.1) is 38.3 Å². The van der Waals surface area contributed by atoms with E-state index in [1.807, 2.05) is 6.92 Å².